The molecule has 0 atom stereocenters. The minimum absolute atomic E-state index is 0.0720. The first-order valence-electron chi connectivity index (χ1n) is 18.1. The molecule has 56 heavy (non-hydrogen) atoms. The first kappa shape index (κ1) is 41.0. The molecule has 0 fully saturated rings. The lowest BCUT2D eigenvalue weighted by Gasteiger charge is -2.12. The first-order valence-corrected chi connectivity index (χ1v) is 19.6. The third-order valence-corrected chi connectivity index (χ3v) is 10.1. The zero-order chi connectivity index (χ0) is 39.8. The molecular formula is C43H44N2O10S. The van der Waals surface area contributed by atoms with E-state index in [1.807, 2.05) is 62.4 Å². The second-order valence-electron chi connectivity index (χ2n) is 12.5. The van der Waals surface area contributed by atoms with E-state index in [0.29, 0.717) is 31.3 Å². The molecule has 12 nitrogen and oxygen atoms in total. The molecule has 0 bridgehead atoms. The van der Waals surface area contributed by atoms with Gasteiger partial charge in [-0.15, -0.1) is 0 Å². The molecule has 5 rings (SSSR count). The van der Waals surface area contributed by atoms with Gasteiger partial charge in [-0.3, -0.25) is 0 Å². The number of sulfone groups is 1. The van der Waals surface area contributed by atoms with Crippen LogP contribution in [0.1, 0.15) is 58.9 Å². The fourth-order valence-corrected chi connectivity index (χ4v) is 6.54. The number of methoxy groups -OCH3 is 1. The van der Waals surface area contributed by atoms with Crippen LogP contribution < -0.4 is 18.9 Å². The summed E-state index contributed by atoms with van der Waals surface area (Å²) in [7, 11) is -2.52. The predicted molar refractivity (Wildman–Crippen MR) is 209 cm³/mol. The van der Waals surface area contributed by atoms with Gasteiger partial charge in [0.25, 0.3) is 0 Å². The van der Waals surface area contributed by atoms with Crippen LogP contribution in [0.2, 0.25) is 0 Å². The van der Waals surface area contributed by atoms with Crippen molar-refractivity contribution in [2.75, 3.05) is 33.7 Å². The lowest BCUT2D eigenvalue weighted by Crippen LogP contribution is -2.13. The number of esters is 2. The molecule has 13 heteroatoms. The van der Waals surface area contributed by atoms with E-state index >= 15 is 0 Å². The van der Waals surface area contributed by atoms with E-state index in [9.17, 15) is 18.0 Å². The average Bonchev–Trinajstić information content (AvgIpc) is 3.22. The summed E-state index contributed by atoms with van der Waals surface area (Å²) in [5.74, 6) is 0.550. The van der Waals surface area contributed by atoms with E-state index in [1.54, 1.807) is 12.1 Å². The van der Waals surface area contributed by atoms with Gasteiger partial charge in [-0.1, -0.05) is 17.7 Å². The van der Waals surface area contributed by atoms with Crippen molar-refractivity contribution < 1.29 is 46.4 Å². The van der Waals surface area contributed by atoms with Crippen LogP contribution in [0.4, 0.5) is 11.4 Å². The molecule has 0 aromatic heterocycles. The topological polar surface area (TPSA) is 148 Å². The number of hydrogen-bond donors (Lipinski definition) is 0. The Morgan fingerprint density at radius 3 is 1.55 bits per heavy atom. The van der Waals surface area contributed by atoms with Crippen LogP contribution in [0.3, 0.4) is 0 Å². The number of azo groups is 1. The fourth-order valence-electron chi connectivity index (χ4n) is 5.28. The monoisotopic (exact) mass is 780 g/mol. The Hall–Kier alpha value is -6.21. The van der Waals surface area contributed by atoms with Gasteiger partial charge in [0.2, 0.25) is 16.6 Å². The number of ether oxygens (including phenoxy) is 6. The van der Waals surface area contributed by atoms with Gasteiger partial charge in [-0.25, -0.2) is 18.0 Å². The number of aryl methyl sites for hydroxylation is 1. The number of carbonyl (C=O) groups is 2. The molecule has 0 heterocycles. The van der Waals surface area contributed by atoms with Gasteiger partial charge in [0, 0.05) is 0 Å². The van der Waals surface area contributed by atoms with Crippen LogP contribution in [0, 0.1) is 6.92 Å². The van der Waals surface area contributed by atoms with Crippen LogP contribution in [0.5, 0.6) is 23.0 Å². The van der Waals surface area contributed by atoms with Crippen molar-refractivity contribution in [3.05, 3.63) is 132 Å². The molecule has 0 aliphatic carbocycles. The average molecular weight is 781 g/mol. The lowest BCUT2D eigenvalue weighted by molar-refractivity contribution is 0.0153. The fraction of sp³-hybridized carbons (Fsp3) is 0.256. The summed E-state index contributed by atoms with van der Waals surface area (Å²) in [6.07, 6.45) is 3.42. The van der Waals surface area contributed by atoms with Gasteiger partial charge in [0.1, 0.15) is 23.0 Å². The molecule has 0 aliphatic rings. The molecule has 0 unspecified atom stereocenters. The maximum absolute atomic E-state index is 13.0. The summed E-state index contributed by atoms with van der Waals surface area (Å²) >= 11 is 0. The Kier molecular flexibility index (Phi) is 15.0. The van der Waals surface area contributed by atoms with Crippen LogP contribution in [0.25, 0.3) is 0 Å². The molecule has 5 aromatic rings. The van der Waals surface area contributed by atoms with Crippen molar-refractivity contribution in [1.29, 1.82) is 0 Å². The zero-order valence-electron chi connectivity index (χ0n) is 31.5. The molecule has 0 spiro atoms. The SMILES string of the molecule is CCOc1ccc(S(=O)(=O)c2ccc(OCOC(=O)c3cc(OCCCCCCOc4ccc(/N=N/c5ccc(C)cc5)cc4)cc(C(=O)OC)c3)cc2)cc1. The highest BCUT2D eigenvalue weighted by atomic mass is 32.2. The standard InChI is InChI=1S/C43H44N2O10S/c1-4-51-36-17-21-40(22-18-36)56(48,49)41-23-19-38(20-24-41)54-30-55-43(47)33-27-32(42(46)50-3)28-39(29-33)53-26-8-6-5-7-25-52-37-15-13-35(14-16-37)45-44-34-11-9-31(2)10-12-34/h9-24,27-29H,4-8,25-26,30H2,1-3H3/b45-44+. The molecule has 0 saturated carbocycles. The predicted octanol–water partition coefficient (Wildman–Crippen LogP) is 9.64. The van der Waals surface area contributed by atoms with E-state index < -0.39 is 28.6 Å². The molecule has 0 N–H and O–H groups in total. The molecule has 0 aliphatic heterocycles. The summed E-state index contributed by atoms with van der Waals surface area (Å²) in [5, 5.41) is 8.53. The summed E-state index contributed by atoms with van der Waals surface area (Å²) in [5.41, 5.74) is 2.91. The minimum atomic E-state index is -3.76. The number of benzene rings is 5. The van der Waals surface area contributed by atoms with Crippen molar-refractivity contribution in [1.82, 2.24) is 0 Å². The van der Waals surface area contributed by atoms with E-state index in [1.165, 1.54) is 67.3 Å². The Morgan fingerprint density at radius 1 is 0.554 bits per heavy atom. The van der Waals surface area contributed by atoms with Crippen molar-refractivity contribution in [3.8, 4) is 23.0 Å². The molecule has 5 aromatic carbocycles. The molecule has 0 saturated heterocycles. The maximum Gasteiger partial charge on any atom is 0.341 e. The highest BCUT2D eigenvalue weighted by molar-refractivity contribution is 7.91. The van der Waals surface area contributed by atoms with Gasteiger partial charge in [0.15, 0.2) is 0 Å². The van der Waals surface area contributed by atoms with Crippen molar-refractivity contribution in [2.24, 2.45) is 10.2 Å². The van der Waals surface area contributed by atoms with Crippen LogP contribution in [-0.2, 0) is 19.3 Å². The minimum Gasteiger partial charge on any atom is -0.494 e. The first-order chi connectivity index (χ1) is 27.1. The molecule has 0 amide bonds. The molecule has 0 radical (unpaired) electrons. The Bertz CT molecular complexity index is 2170. The Balaban J connectivity index is 1.03. The number of carbonyl (C=O) groups excluding carboxylic acids is 2. The maximum atomic E-state index is 13.0. The lowest BCUT2D eigenvalue weighted by atomic mass is 10.1. The van der Waals surface area contributed by atoms with Gasteiger partial charge in [0.05, 0.1) is 59.2 Å². The van der Waals surface area contributed by atoms with E-state index in [-0.39, 0.29) is 26.7 Å². The Labute approximate surface area is 326 Å². The normalized spacial score (nSPS) is 11.2. The summed E-state index contributed by atoms with van der Waals surface area (Å²) in [6, 6.07) is 31.6. The number of rotatable bonds is 20. The smallest absolute Gasteiger partial charge is 0.341 e. The van der Waals surface area contributed by atoms with Gasteiger partial charge < -0.3 is 28.4 Å². The third-order valence-electron chi connectivity index (χ3n) is 8.29. The number of nitrogens with zero attached hydrogens (tertiary/aromatic N) is 2. The second-order valence-corrected chi connectivity index (χ2v) is 14.4. The van der Waals surface area contributed by atoms with Gasteiger partial charge in [-0.2, -0.15) is 10.2 Å². The number of unbranched alkanes of at least 4 members (excludes halogenated alkanes) is 3. The van der Waals surface area contributed by atoms with E-state index in [2.05, 4.69) is 10.2 Å². The van der Waals surface area contributed by atoms with Crippen LogP contribution in [-0.4, -0.2) is 54.1 Å². The van der Waals surface area contributed by atoms with Crippen molar-refractivity contribution in [3.63, 3.8) is 0 Å². The van der Waals surface area contributed by atoms with Gasteiger partial charge in [-0.05, 0) is 143 Å². The second kappa shape index (κ2) is 20.5. The van der Waals surface area contributed by atoms with E-state index in [4.69, 9.17) is 28.4 Å². The summed E-state index contributed by atoms with van der Waals surface area (Å²) in [6.45, 7) is 4.82. The van der Waals surface area contributed by atoms with Crippen molar-refractivity contribution in [2.45, 2.75) is 49.3 Å². The zero-order valence-corrected chi connectivity index (χ0v) is 32.3. The molecular weight excluding hydrogens is 737 g/mol. The highest BCUT2D eigenvalue weighted by Crippen LogP contribution is 2.26. The van der Waals surface area contributed by atoms with E-state index in [0.717, 1.165) is 42.8 Å². The quantitative estimate of drug-likeness (QED) is 0.0324. The van der Waals surface area contributed by atoms with Gasteiger partial charge >= 0.3 is 11.9 Å². The Morgan fingerprint density at radius 2 is 1.02 bits per heavy atom. The number of hydrogen-bond acceptors (Lipinski definition) is 12. The van der Waals surface area contributed by atoms with Crippen LogP contribution in [0.15, 0.2) is 135 Å². The largest absolute Gasteiger partial charge is 0.494 e. The van der Waals surface area contributed by atoms with Crippen LogP contribution >= 0.6 is 0 Å². The summed E-state index contributed by atoms with van der Waals surface area (Å²) < 4.78 is 58.9. The summed E-state index contributed by atoms with van der Waals surface area (Å²) in [4.78, 5) is 25.5. The highest BCUT2D eigenvalue weighted by Gasteiger charge is 2.19. The third kappa shape index (κ3) is 12.2. The van der Waals surface area contributed by atoms with Crippen molar-refractivity contribution >= 4 is 33.2 Å². The molecule has 292 valence electrons.